The molecule has 0 N–H and O–H groups in total. The molecule has 0 aromatic heterocycles. The van der Waals surface area contributed by atoms with Crippen LogP contribution in [0.3, 0.4) is 0 Å². The molecule has 0 aliphatic heterocycles. The van der Waals surface area contributed by atoms with Crippen molar-refractivity contribution in [1.82, 2.24) is 0 Å². The molecule has 1 aromatic rings. The smallest absolute Gasteiger partial charge is 0.376 e. The molecule has 0 heterocycles. The van der Waals surface area contributed by atoms with Gasteiger partial charge in [0.1, 0.15) is 11.3 Å². The van der Waals surface area contributed by atoms with Crippen LogP contribution in [0.5, 0.6) is 17.2 Å². The van der Waals surface area contributed by atoms with Crippen LogP contribution >= 0.6 is 0 Å². The van der Waals surface area contributed by atoms with E-state index in [1.54, 1.807) is 0 Å². The van der Waals surface area contributed by atoms with E-state index in [1.165, 1.54) is 40.1 Å². The summed E-state index contributed by atoms with van der Waals surface area (Å²) in [4.78, 5) is 21.4. The predicted octanol–water partition coefficient (Wildman–Crippen LogP) is 2.39. The third kappa shape index (κ3) is 5.09. The van der Waals surface area contributed by atoms with Gasteiger partial charge in [0.2, 0.25) is 0 Å². The topological polar surface area (TPSA) is 72.5 Å². The average Bonchev–Trinajstić information content (AvgIpc) is 2.56. The summed E-state index contributed by atoms with van der Waals surface area (Å²) in [6.07, 6.45) is 0.899. The van der Waals surface area contributed by atoms with Crippen molar-refractivity contribution in [3.8, 4) is 17.2 Å². The van der Waals surface area contributed by atoms with Crippen LogP contribution in [0.4, 0.5) is 0 Å². The number of carbonyl (C=O) groups is 1. The van der Waals surface area contributed by atoms with E-state index in [4.69, 9.17) is 23.8 Å². The second kappa shape index (κ2) is 9.86. The zero-order valence-corrected chi connectivity index (χ0v) is 13.2. The van der Waals surface area contributed by atoms with Gasteiger partial charge in [-0.25, -0.2) is 4.79 Å². The number of methoxy groups -OCH3 is 3. The Labute approximate surface area is 129 Å². The van der Waals surface area contributed by atoms with Gasteiger partial charge in [-0.1, -0.05) is 6.92 Å². The fourth-order valence-corrected chi connectivity index (χ4v) is 1.61. The van der Waals surface area contributed by atoms with E-state index < -0.39 is 5.97 Å². The molecule has 0 bridgehead atoms. The molecule has 22 heavy (non-hydrogen) atoms. The fraction of sp³-hybridized carbons (Fsp3) is 0.467. The first kappa shape index (κ1) is 18.1. The Balaban J connectivity index is 2.67. The number of hydrogen-bond donors (Lipinski definition) is 0. The van der Waals surface area contributed by atoms with Crippen LogP contribution in [0.25, 0.3) is 0 Å². The Morgan fingerprint density at radius 3 is 2.27 bits per heavy atom. The molecule has 0 saturated heterocycles. The van der Waals surface area contributed by atoms with Crippen LogP contribution < -0.4 is 14.2 Å². The zero-order chi connectivity index (χ0) is 16.4. The second-order valence-electron chi connectivity index (χ2n) is 4.12. The fourth-order valence-electron chi connectivity index (χ4n) is 1.61. The SMILES string of the molecule is CCCOC[CH]OOC(=O)c1cc(OC)c(OC)cc1OC. The molecule has 0 amide bonds. The molecule has 0 spiro atoms. The van der Waals surface area contributed by atoms with E-state index in [-0.39, 0.29) is 17.9 Å². The van der Waals surface area contributed by atoms with Crippen molar-refractivity contribution in [2.75, 3.05) is 34.5 Å². The van der Waals surface area contributed by atoms with Gasteiger partial charge in [-0.05, 0) is 6.42 Å². The zero-order valence-electron chi connectivity index (χ0n) is 13.2. The van der Waals surface area contributed by atoms with Gasteiger partial charge in [0.15, 0.2) is 18.1 Å². The van der Waals surface area contributed by atoms with Crippen LogP contribution in [0, 0.1) is 6.61 Å². The van der Waals surface area contributed by atoms with Gasteiger partial charge >= 0.3 is 5.97 Å². The van der Waals surface area contributed by atoms with Gasteiger partial charge in [-0.15, -0.1) is 0 Å². The lowest BCUT2D eigenvalue weighted by atomic mass is 10.1. The van der Waals surface area contributed by atoms with E-state index in [0.29, 0.717) is 18.1 Å². The lowest BCUT2D eigenvalue weighted by Crippen LogP contribution is -2.09. The Morgan fingerprint density at radius 2 is 1.68 bits per heavy atom. The van der Waals surface area contributed by atoms with Crippen LogP contribution in [0.15, 0.2) is 12.1 Å². The highest BCUT2D eigenvalue weighted by atomic mass is 17.2. The van der Waals surface area contributed by atoms with Crippen molar-refractivity contribution in [1.29, 1.82) is 0 Å². The molecule has 123 valence electrons. The van der Waals surface area contributed by atoms with Crippen LogP contribution in [0.2, 0.25) is 0 Å². The van der Waals surface area contributed by atoms with Crippen molar-refractivity contribution in [3.63, 3.8) is 0 Å². The maximum atomic E-state index is 12.0. The number of hydrogen-bond acceptors (Lipinski definition) is 7. The van der Waals surface area contributed by atoms with Crippen LogP contribution in [-0.2, 0) is 14.5 Å². The molecule has 0 aliphatic rings. The Bertz CT molecular complexity index is 473. The highest BCUT2D eigenvalue weighted by Crippen LogP contribution is 2.34. The van der Waals surface area contributed by atoms with Gasteiger partial charge < -0.3 is 18.9 Å². The Morgan fingerprint density at radius 1 is 1.05 bits per heavy atom. The van der Waals surface area contributed by atoms with Gasteiger partial charge in [-0.2, -0.15) is 4.89 Å². The van der Waals surface area contributed by atoms with Crippen LogP contribution in [0.1, 0.15) is 23.7 Å². The number of carbonyl (C=O) groups excluding carboxylic acids is 1. The molecule has 7 heteroatoms. The van der Waals surface area contributed by atoms with Gasteiger partial charge in [0.25, 0.3) is 0 Å². The van der Waals surface area contributed by atoms with E-state index in [1.807, 2.05) is 6.92 Å². The summed E-state index contributed by atoms with van der Waals surface area (Å²) in [7, 11) is 4.39. The van der Waals surface area contributed by atoms with Crippen molar-refractivity contribution in [2.24, 2.45) is 0 Å². The molecule has 0 fully saturated rings. The maximum Gasteiger partial charge on any atom is 0.376 e. The average molecular weight is 313 g/mol. The molecule has 1 radical (unpaired) electrons. The molecular formula is C15H21O7. The van der Waals surface area contributed by atoms with E-state index >= 15 is 0 Å². The Hall–Kier alpha value is -1.99. The summed E-state index contributed by atoms with van der Waals surface area (Å²) in [5.74, 6) is 0.389. The van der Waals surface area contributed by atoms with Gasteiger partial charge in [0, 0.05) is 18.7 Å². The molecule has 7 nitrogen and oxygen atoms in total. The quantitative estimate of drug-likeness (QED) is 0.373. The predicted molar refractivity (Wildman–Crippen MR) is 78.0 cm³/mol. The first-order valence-corrected chi connectivity index (χ1v) is 6.75. The minimum Gasteiger partial charge on any atom is -0.496 e. The lowest BCUT2D eigenvalue weighted by molar-refractivity contribution is -0.218. The van der Waals surface area contributed by atoms with Crippen molar-refractivity contribution < 1.29 is 33.5 Å². The molecule has 0 saturated carbocycles. The highest BCUT2D eigenvalue weighted by molar-refractivity contribution is 5.93. The molecule has 0 unspecified atom stereocenters. The largest absolute Gasteiger partial charge is 0.496 e. The van der Waals surface area contributed by atoms with E-state index in [2.05, 4.69) is 4.89 Å². The normalized spacial score (nSPS) is 10.2. The summed E-state index contributed by atoms with van der Waals surface area (Å²) >= 11 is 0. The molecular weight excluding hydrogens is 292 g/mol. The summed E-state index contributed by atoms with van der Waals surface area (Å²) in [6, 6.07) is 2.99. The molecule has 1 rings (SSSR count). The monoisotopic (exact) mass is 313 g/mol. The van der Waals surface area contributed by atoms with Gasteiger partial charge in [0.05, 0.1) is 27.9 Å². The number of rotatable bonds is 10. The van der Waals surface area contributed by atoms with Crippen molar-refractivity contribution in [2.45, 2.75) is 13.3 Å². The third-order valence-corrected chi connectivity index (χ3v) is 2.65. The molecule has 1 aromatic carbocycles. The van der Waals surface area contributed by atoms with Crippen LogP contribution in [-0.4, -0.2) is 40.5 Å². The standard InChI is InChI=1S/C15H21O7/c1-5-6-20-7-8-21-22-15(16)11-9-13(18-3)14(19-4)10-12(11)17-2/h8-10H,5-7H2,1-4H3. The second-order valence-corrected chi connectivity index (χ2v) is 4.12. The minimum absolute atomic E-state index is 0.156. The maximum absolute atomic E-state index is 12.0. The molecule has 0 aliphatic carbocycles. The van der Waals surface area contributed by atoms with Crippen molar-refractivity contribution in [3.05, 3.63) is 24.3 Å². The lowest BCUT2D eigenvalue weighted by Gasteiger charge is -2.12. The van der Waals surface area contributed by atoms with E-state index in [9.17, 15) is 4.79 Å². The first-order chi connectivity index (χ1) is 10.7. The summed E-state index contributed by atoms with van der Waals surface area (Å²) < 4.78 is 20.6. The highest BCUT2D eigenvalue weighted by Gasteiger charge is 2.19. The third-order valence-electron chi connectivity index (χ3n) is 2.65. The number of benzene rings is 1. The molecule has 0 atom stereocenters. The number of ether oxygens (including phenoxy) is 4. The summed E-state index contributed by atoms with van der Waals surface area (Å²) in [5.41, 5.74) is 0.156. The Kier molecular flexibility index (Phi) is 8.09. The summed E-state index contributed by atoms with van der Waals surface area (Å²) in [6.45, 7) is 4.08. The van der Waals surface area contributed by atoms with E-state index in [0.717, 1.165) is 6.42 Å². The first-order valence-electron chi connectivity index (χ1n) is 6.75. The minimum atomic E-state index is -0.718. The van der Waals surface area contributed by atoms with Gasteiger partial charge in [-0.3, -0.25) is 4.89 Å². The summed E-state index contributed by atoms with van der Waals surface area (Å²) in [5, 5.41) is 0. The van der Waals surface area contributed by atoms with Crippen molar-refractivity contribution >= 4 is 5.97 Å².